The summed E-state index contributed by atoms with van der Waals surface area (Å²) in [7, 11) is 7.42. The molecule has 6 nitrogen and oxygen atoms in total. The number of fused-ring (bicyclic) bond motifs is 4. The molecular formula is C27H24BF2N3O3S. The van der Waals surface area contributed by atoms with Crippen molar-refractivity contribution in [1.82, 2.24) is 9.58 Å². The zero-order chi connectivity index (χ0) is 26.3. The maximum Gasteiger partial charge on any atom is 0.278 e. The number of thioether (sulfide) groups is 1. The van der Waals surface area contributed by atoms with E-state index in [1.54, 1.807) is 9.91 Å². The van der Waals surface area contributed by atoms with Gasteiger partial charge in [0, 0.05) is 35.0 Å². The van der Waals surface area contributed by atoms with E-state index in [1.807, 2.05) is 24.3 Å². The monoisotopic (exact) mass is 519 g/mol. The van der Waals surface area contributed by atoms with Crippen LogP contribution in [0, 0.1) is 17.0 Å². The van der Waals surface area contributed by atoms with Crippen molar-refractivity contribution in [2.75, 3.05) is 11.6 Å². The van der Waals surface area contributed by atoms with Gasteiger partial charge in [-0.25, -0.2) is 8.78 Å². The summed E-state index contributed by atoms with van der Waals surface area (Å²) in [6, 6.07) is 11.1. The summed E-state index contributed by atoms with van der Waals surface area (Å²) in [6.07, 6.45) is 2.07. The maximum absolute atomic E-state index is 15.3. The van der Waals surface area contributed by atoms with Crippen LogP contribution >= 0.6 is 11.8 Å². The molecule has 3 aromatic rings. The van der Waals surface area contributed by atoms with Gasteiger partial charge in [0.1, 0.15) is 14.0 Å². The molecule has 10 heteroatoms. The van der Waals surface area contributed by atoms with Crippen molar-refractivity contribution in [3.8, 4) is 5.75 Å². The molecule has 0 aliphatic carbocycles. The number of carbonyl (C=O) groups is 1. The normalized spacial score (nSPS) is 24.0. The van der Waals surface area contributed by atoms with E-state index in [0.29, 0.717) is 30.5 Å². The molecule has 1 N–H and O–H groups in total. The molecule has 0 bridgehead atoms. The van der Waals surface area contributed by atoms with Gasteiger partial charge in [0.05, 0.1) is 5.44 Å². The molecule has 0 spiro atoms. The Labute approximate surface area is 218 Å². The molecular weight excluding hydrogens is 495 g/mol. The van der Waals surface area contributed by atoms with Gasteiger partial charge < -0.3 is 10.0 Å². The lowest BCUT2D eigenvalue weighted by Gasteiger charge is -2.58. The molecule has 0 saturated carbocycles. The number of aromatic nitrogens is 1. The molecule has 6 rings (SSSR count). The molecule has 188 valence electrons. The largest absolute Gasteiger partial charge is 0.502 e. The second kappa shape index (κ2) is 8.12. The van der Waals surface area contributed by atoms with Crippen molar-refractivity contribution in [3.63, 3.8) is 0 Å². The summed E-state index contributed by atoms with van der Waals surface area (Å²) >= 11 is 1.36. The Kier molecular flexibility index (Phi) is 5.28. The number of rotatable bonds is 1. The van der Waals surface area contributed by atoms with Gasteiger partial charge in [-0.3, -0.25) is 19.3 Å². The number of aromatic hydroxyl groups is 1. The van der Waals surface area contributed by atoms with Crippen molar-refractivity contribution in [3.05, 3.63) is 92.9 Å². The van der Waals surface area contributed by atoms with Crippen molar-refractivity contribution in [1.29, 1.82) is 0 Å². The zero-order valence-corrected chi connectivity index (χ0v) is 21.2. The first kappa shape index (κ1) is 24.1. The van der Waals surface area contributed by atoms with Crippen LogP contribution in [0.3, 0.4) is 0 Å². The van der Waals surface area contributed by atoms with Gasteiger partial charge in [0.25, 0.3) is 5.91 Å². The second-order valence-electron chi connectivity index (χ2n) is 10.6. The number of pyridine rings is 1. The van der Waals surface area contributed by atoms with Crippen molar-refractivity contribution in [2.24, 2.45) is 5.41 Å². The maximum atomic E-state index is 15.3. The minimum absolute atomic E-state index is 0.133. The second-order valence-corrected chi connectivity index (χ2v) is 11.6. The molecule has 2 aromatic carbocycles. The Bertz CT molecular complexity index is 1530. The van der Waals surface area contributed by atoms with E-state index in [2.05, 4.69) is 13.8 Å². The van der Waals surface area contributed by atoms with Gasteiger partial charge in [-0.1, -0.05) is 38.1 Å². The minimum Gasteiger partial charge on any atom is -0.502 e. The molecule has 1 fully saturated rings. The van der Waals surface area contributed by atoms with Crippen molar-refractivity contribution in [2.45, 2.75) is 48.9 Å². The van der Waals surface area contributed by atoms with Crippen molar-refractivity contribution >= 4 is 25.5 Å². The molecule has 3 aliphatic heterocycles. The lowest BCUT2D eigenvalue weighted by molar-refractivity contribution is 0.0224. The summed E-state index contributed by atoms with van der Waals surface area (Å²) < 4.78 is 31.2. The highest BCUT2D eigenvalue weighted by Gasteiger charge is 2.52. The van der Waals surface area contributed by atoms with Crippen LogP contribution in [0.15, 0.2) is 58.4 Å². The number of nitrogens with zero attached hydrogens (tertiary/aromatic N) is 3. The molecule has 2 atom stereocenters. The highest BCUT2D eigenvalue weighted by molar-refractivity contribution is 7.98. The predicted octanol–water partition coefficient (Wildman–Crippen LogP) is 4.05. The smallest absolute Gasteiger partial charge is 0.278 e. The Morgan fingerprint density at radius 2 is 1.84 bits per heavy atom. The topological polar surface area (TPSA) is 65.8 Å². The standard InChI is InChI=1S/C27H24BF2N3O3S/c1-26(2)10-12-31-21(13-26)33(32-11-9-19(34)24(35)23(32)25(31)36)27(28)16-7-8-18(29)22(30)15(16)14-37-20-6-4-3-5-17(20)27/h3-9,11,21,35H,10,12-14H2,1-2H3/t21-,27-/m1/s1. The molecule has 1 aromatic heterocycles. The number of carbonyl (C=O) groups excluding carboxylic acids is 1. The average Bonchev–Trinajstić information content (AvgIpc) is 2.98. The first-order chi connectivity index (χ1) is 17.5. The molecule has 2 radical (unpaired) electrons. The summed E-state index contributed by atoms with van der Waals surface area (Å²) in [5.41, 5.74) is -1.51. The zero-order valence-electron chi connectivity index (χ0n) is 20.4. The van der Waals surface area contributed by atoms with Crippen molar-refractivity contribution < 1.29 is 18.7 Å². The fourth-order valence-electron chi connectivity index (χ4n) is 5.85. The number of amides is 1. The molecule has 3 aliphatic rings. The Morgan fingerprint density at radius 3 is 2.62 bits per heavy atom. The highest BCUT2D eigenvalue weighted by atomic mass is 32.2. The molecule has 37 heavy (non-hydrogen) atoms. The summed E-state index contributed by atoms with van der Waals surface area (Å²) in [6.45, 7) is 4.59. The van der Waals surface area contributed by atoms with E-state index in [4.69, 9.17) is 7.85 Å². The first-order valence-electron chi connectivity index (χ1n) is 12.1. The van der Waals surface area contributed by atoms with Crippen LogP contribution in [-0.4, -0.2) is 41.1 Å². The van der Waals surface area contributed by atoms with Crippen LogP contribution in [0.1, 0.15) is 53.9 Å². The average molecular weight is 519 g/mol. The number of hydrogen-bond acceptors (Lipinski definition) is 5. The van der Waals surface area contributed by atoms with Gasteiger partial charge in [-0.15, -0.1) is 11.8 Å². The minimum atomic E-state index is -1.59. The van der Waals surface area contributed by atoms with E-state index >= 15 is 4.39 Å². The quantitative estimate of drug-likeness (QED) is 0.492. The van der Waals surface area contributed by atoms with E-state index in [0.717, 1.165) is 11.0 Å². The lowest BCUT2D eigenvalue weighted by atomic mass is 9.64. The summed E-state index contributed by atoms with van der Waals surface area (Å²) in [4.78, 5) is 28.5. The Balaban J connectivity index is 1.73. The fourth-order valence-corrected chi connectivity index (χ4v) is 6.99. The van der Waals surface area contributed by atoms with Gasteiger partial charge in [0.15, 0.2) is 23.1 Å². The third kappa shape index (κ3) is 3.37. The third-order valence-corrected chi connectivity index (χ3v) is 8.89. The van der Waals surface area contributed by atoms with E-state index in [-0.39, 0.29) is 22.4 Å². The van der Waals surface area contributed by atoms with Crippen LogP contribution in [0.2, 0.25) is 0 Å². The number of benzene rings is 2. The van der Waals surface area contributed by atoms with Crippen LogP contribution in [0.5, 0.6) is 5.75 Å². The lowest BCUT2D eigenvalue weighted by Crippen LogP contribution is -2.70. The first-order valence-corrected chi connectivity index (χ1v) is 13.1. The van der Waals surface area contributed by atoms with Crippen LogP contribution in [0.25, 0.3) is 0 Å². The number of piperidine rings is 1. The number of halogens is 2. The van der Waals surface area contributed by atoms with Crippen LogP contribution < -0.4 is 10.4 Å². The van der Waals surface area contributed by atoms with E-state index in [9.17, 15) is 19.1 Å². The van der Waals surface area contributed by atoms with Gasteiger partial charge in [-0.05, 0) is 41.5 Å². The fraction of sp³-hybridized carbons (Fsp3) is 0.333. The van der Waals surface area contributed by atoms with E-state index < -0.39 is 40.3 Å². The Hall–Kier alpha value is -3.27. The molecule has 1 amide bonds. The third-order valence-electron chi connectivity index (χ3n) is 7.79. The summed E-state index contributed by atoms with van der Waals surface area (Å²) in [5.74, 6) is -2.93. The molecule has 0 unspecified atom stereocenters. The molecule has 1 saturated heterocycles. The van der Waals surface area contributed by atoms with Gasteiger partial charge >= 0.3 is 0 Å². The van der Waals surface area contributed by atoms with Crippen LogP contribution in [0.4, 0.5) is 8.78 Å². The highest BCUT2D eigenvalue weighted by Crippen LogP contribution is 2.49. The molecule has 4 heterocycles. The number of hydrogen-bond donors (Lipinski definition) is 1. The van der Waals surface area contributed by atoms with Crippen LogP contribution in [-0.2, 0) is 11.2 Å². The van der Waals surface area contributed by atoms with E-state index in [1.165, 1.54) is 34.8 Å². The summed E-state index contributed by atoms with van der Waals surface area (Å²) in [5, 5.41) is 12.5. The predicted molar refractivity (Wildman–Crippen MR) is 137 cm³/mol. The Morgan fingerprint density at radius 1 is 1.08 bits per heavy atom. The SMILES string of the molecule is [B][C@]1(N2[C@@H]3CC(C)(C)CCN3C(=O)c3c(O)c(=O)ccn32)c2ccccc2SCc2c1ccc(F)c2F. The van der Waals surface area contributed by atoms with Gasteiger partial charge in [0.2, 0.25) is 5.43 Å². The van der Waals surface area contributed by atoms with Gasteiger partial charge in [-0.2, -0.15) is 0 Å².